The van der Waals surface area contributed by atoms with Crippen molar-refractivity contribution in [2.75, 3.05) is 26.2 Å². The summed E-state index contributed by atoms with van der Waals surface area (Å²) in [7, 11) is 0. The molecular weight excluding hydrogens is 224 g/mol. The van der Waals surface area contributed by atoms with E-state index in [9.17, 15) is 5.11 Å². The number of aliphatic hydroxyl groups is 1. The highest BCUT2D eigenvalue weighted by molar-refractivity contribution is 5.14. The number of rotatable bonds is 5. The Morgan fingerprint density at radius 3 is 2.83 bits per heavy atom. The predicted molar refractivity (Wildman–Crippen MR) is 74.4 cm³/mol. The first kappa shape index (κ1) is 13.5. The molecule has 0 amide bonds. The number of likely N-dealkylation sites (tertiary alicyclic amines) is 1. The van der Waals surface area contributed by atoms with E-state index in [1.807, 2.05) is 0 Å². The van der Waals surface area contributed by atoms with Crippen LogP contribution in [0.5, 0.6) is 0 Å². The van der Waals surface area contributed by atoms with Crippen molar-refractivity contribution in [2.24, 2.45) is 5.92 Å². The molecule has 0 saturated carbocycles. The van der Waals surface area contributed by atoms with E-state index in [1.54, 1.807) is 0 Å². The Kier molecular flexibility index (Phi) is 5.17. The standard InChI is InChI=1S/C15H24N2O/c1-2-16-10-14-12-17(9-8-15(14)18)11-13-6-4-3-5-7-13/h3-7,14-16,18H,2,8-12H2,1H3/t14-,15+/m0/s1. The minimum Gasteiger partial charge on any atom is -0.393 e. The van der Waals surface area contributed by atoms with Gasteiger partial charge in [0.2, 0.25) is 0 Å². The van der Waals surface area contributed by atoms with Gasteiger partial charge >= 0.3 is 0 Å². The topological polar surface area (TPSA) is 35.5 Å². The van der Waals surface area contributed by atoms with Gasteiger partial charge in [-0.1, -0.05) is 37.3 Å². The van der Waals surface area contributed by atoms with Crippen LogP contribution < -0.4 is 5.32 Å². The van der Waals surface area contributed by atoms with Crippen molar-refractivity contribution in [1.82, 2.24) is 10.2 Å². The Morgan fingerprint density at radius 1 is 1.33 bits per heavy atom. The molecule has 1 aliphatic rings. The largest absolute Gasteiger partial charge is 0.393 e. The number of nitrogens with one attached hydrogen (secondary N) is 1. The molecule has 3 heteroatoms. The van der Waals surface area contributed by atoms with E-state index in [2.05, 4.69) is 47.5 Å². The smallest absolute Gasteiger partial charge is 0.0605 e. The van der Waals surface area contributed by atoms with Gasteiger partial charge < -0.3 is 10.4 Å². The lowest BCUT2D eigenvalue weighted by Crippen LogP contribution is -2.46. The van der Waals surface area contributed by atoms with E-state index in [1.165, 1.54) is 5.56 Å². The molecule has 18 heavy (non-hydrogen) atoms. The number of nitrogens with zero attached hydrogens (tertiary/aromatic N) is 1. The van der Waals surface area contributed by atoms with Gasteiger partial charge in [0.15, 0.2) is 0 Å². The Hall–Kier alpha value is -0.900. The number of aliphatic hydroxyl groups excluding tert-OH is 1. The van der Waals surface area contributed by atoms with Crippen molar-refractivity contribution in [3.05, 3.63) is 35.9 Å². The molecule has 1 aromatic rings. The highest BCUT2D eigenvalue weighted by Crippen LogP contribution is 2.18. The molecule has 3 nitrogen and oxygen atoms in total. The predicted octanol–water partition coefficient (Wildman–Crippen LogP) is 1.48. The number of hydrogen-bond acceptors (Lipinski definition) is 3. The van der Waals surface area contributed by atoms with E-state index in [-0.39, 0.29) is 6.10 Å². The lowest BCUT2D eigenvalue weighted by molar-refractivity contribution is 0.0243. The van der Waals surface area contributed by atoms with Gasteiger partial charge in [-0.05, 0) is 18.5 Å². The molecule has 1 aliphatic heterocycles. The summed E-state index contributed by atoms with van der Waals surface area (Å²) in [5.74, 6) is 0.363. The average Bonchev–Trinajstić information content (AvgIpc) is 2.40. The highest BCUT2D eigenvalue weighted by atomic mass is 16.3. The van der Waals surface area contributed by atoms with E-state index in [0.717, 1.165) is 39.1 Å². The summed E-state index contributed by atoms with van der Waals surface area (Å²) in [6, 6.07) is 10.6. The Labute approximate surface area is 110 Å². The summed E-state index contributed by atoms with van der Waals surface area (Å²) < 4.78 is 0. The number of piperidine rings is 1. The van der Waals surface area contributed by atoms with Gasteiger partial charge in [0.05, 0.1) is 6.10 Å². The van der Waals surface area contributed by atoms with Crippen molar-refractivity contribution >= 4 is 0 Å². The van der Waals surface area contributed by atoms with Gasteiger partial charge in [-0.15, -0.1) is 0 Å². The quantitative estimate of drug-likeness (QED) is 0.828. The Morgan fingerprint density at radius 2 is 2.11 bits per heavy atom. The first-order valence-corrected chi connectivity index (χ1v) is 6.94. The summed E-state index contributed by atoms with van der Waals surface area (Å²) in [5.41, 5.74) is 1.36. The van der Waals surface area contributed by atoms with Crippen LogP contribution in [0, 0.1) is 5.92 Å². The molecular formula is C15H24N2O. The third kappa shape index (κ3) is 3.80. The van der Waals surface area contributed by atoms with Crippen molar-refractivity contribution in [3.63, 3.8) is 0 Å². The van der Waals surface area contributed by atoms with Crippen LogP contribution in [0.25, 0.3) is 0 Å². The zero-order chi connectivity index (χ0) is 12.8. The third-order valence-electron chi connectivity index (χ3n) is 3.68. The molecule has 0 aliphatic carbocycles. The summed E-state index contributed by atoms with van der Waals surface area (Å²) in [6.07, 6.45) is 0.749. The van der Waals surface area contributed by atoms with Gasteiger partial charge in [-0.25, -0.2) is 0 Å². The molecule has 1 aromatic carbocycles. The second-order valence-corrected chi connectivity index (χ2v) is 5.14. The van der Waals surface area contributed by atoms with Gasteiger partial charge in [0, 0.05) is 32.1 Å². The molecule has 1 saturated heterocycles. The van der Waals surface area contributed by atoms with Crippen LogP contribution in [0.3, 0.4) is 0 Å². The Balaban J connectivity index is 1.87. The van der Waals surface area contributed by atoms with E-state index in [4.69, 9.17) is 0 Å². The lowest BCUT2D eigenvalue weighted by Gasteiger charge is -2.36. The monoisotopic (exact) mass is 248 g/mol. The van der Waals surface area contributed by atoms with E-state index < -0.39 is 0 Å². The minimum absolute atomic E-state index is 0.143. The summed E-state index contributed by atoms with van der Waals surface area (Å²) in [6.45, 7) is 6.99. The van der Waals surface area contributed by atoms with Crippen LogP contribution in [0.1, 0.15) is 18.9 Å². The zero-order valence-electron chi connectivity index (χ0n) is 11.2. The van der Waals surface area contributed by atoms with Crippen LogP contribution >= 0.6 is 0 Å². The van der Waals surface area contributed by atoms with Crippen LogP contribution in [0.4, 0.5) is 0 Å². The van der Waals surface area contributed by atoms with E-state index in [0.29, 0.717) is 5.92 Å². The average molecular weight is 248 g/mol. The fraction of sp³-hybridized carbons (Fsp3) is 0.600. The fourth-order valence-electron chi connectivity index (χ4n) is 2.61. The van der Waals surface area contributed by atoms with Crippen molar-refractivity contribution in [3.8, 4) is 0 Å². The molecule has 2 N–H and O–H groups in total. The lowest BCUT2D eigenvalue weighted by atomic mass is 9.94. The third-order valence-corrected chi connectivity index (χ3v) is 3.68. The Bertz CT molecular complexity index is 342. The molecule has 1 fully saturated rings. The molecule has 0 unspecified atom stereocenters. The van der Waals surface area contributed by atoms with Gasteiger partial charge in [0.25, 0.3) is 0 Å². The summed E-state index contributed by atoms with van der Waals surface area (Å²) in [5, 5.41) is 13.4. The molecule has 0 bridgehead atoms. The van der Waals surface area contributed by atoms with Crippen LogP contribution in [0.2, 0.25) is 0 Å². The maximum Gasteiger partial charge on any atom is 0.0605 e. The second-order valence-electron chi connectivity index (χ2n) is 5.14. The van der Waals surface area contributed by atoms with Crippen LogP contribution in [-0.2, 0) is 6.54 Å². The molecule has 2 atom stereocenters. The normalized spacial score (nSPS) is 25.2. The van der Waals surface area contributed by atoms with Crippen molar-refractivity contribution in [1.29, 1.82) is 0 Å². The molecule has 2 rings (SSSR count). The summed E-state index contributed by atoms with van der Waals surface area (Å²) >= 11 is 0. The van der Waals surface area contributed by atoms with E-state index >= 15 is 0 Å². The maximum absolute atomic E-state index is 10.0. The van der Waals surface area contributed by atoms with Crippen molar-refractivity contribution < 1.29 is 5.11 Å². The van der Waals surface area contributed by atoms with Gasteiger partial charge in [0.1, 0.15) is 0 Å². The molecule has 0 radical (unpaired) electrons. The van der Waals surface area contributed by atoms with Crippen LogP contribution in [-0.4, -0.2) is 42.3 Å². The second kappa shape index (κ2) is 6.88. The van der Waals surface area contributed by atoms with Crippen molar-refractivity contribution in [2.45, 2.75) is 26.0 Å². The minimum atomic E-state index is -0.143. The summed E-state index contributed by atoms with van der Waals surface area (Å²) in [4.78, 5) is 2.45. The van der Waals surface area contributed by atoms with Gasteiger partial charge in [-0.2, -0.15) is 0 Å². The molecule has 1 heterocycles. The molecule has 100 valence electrons. The SMILES string of the molecule is CCNC[C@H]1CN(Cc2ccccc2)CC[C@H]1O. The maximum atomic E-state index is 10.0. The zero-order valence-corrected chi connectivity index (χ0v) is 11.2. The first-order chi connectivity index (χ1) is 8.79. The fourth-order valence-corrected chi connectivity index (χ4v) is 2.61. The first-order valence-electron chi connectivity index (χ1n) is 6.94. The molecule has 0 spiro atoms. The van der Waals surface area contributed by atoms with Crippen LogP contribution in [0.15, 0.2) is 30.3 Å². The number of hydrogen-bond donors (Lipinski definition) is 2. The molecule has 0 aromatic heterocycles. The number of benzene rings is 1. The van der Waals surface area contributed by atoms with Gasteiger partial charge in [-0.3, -0.25) is 4.90 Å². The highest BCUT2D eigenvalue weighted by Gasteiger charge is 2.27.